The Morgan fingerprint density at radius 3 is 2.08 bits per heavy atom. The van der Waals surface area contributed by atoms with Crippen LogP contribution in [0.2, 0.25) is 19.6 Å². The lowest BCUT2D eigenvalue weighted by atomic mass is 10.0. The van der Waals surface area contributed by atoms with Crippen molar-refractivity contribution in [3.63, 3.8) is 0 Å². The zero-order chi connectivity index (χ0) is 9.35. The minimum atomic E-state index is -1.03. The topological polar surface area (TPSA) is 0 Å². The van der Waals surface area contributed by atoms with Gasteiger partial charge in [0.05, 0.1) is 8.07 Å². The van der Waals surface area contributed by atoms with E-state index in [0.29, 0.717) is 0 Å². The quantitative estimate of drug-likeness (QED) is 0.567. The van der Waals surface area contributed by atoms with Crippen molar-refractivity contribution in [1.82, 2.24) is 0 Å². The van der Waals surface area contributed by atoms with Crippen molar-refractivity contribution < 1.29 is 0 Å². The summed E-state index contributed by atoms with van der Waals surface area (Å²) in [5.74, 6) is 0.732. The molecule has 0 heterocycles. The van der Waals surface area contributed by atoms with E-state index >= 15 is 0 Å². The van der Waals surface area contributed by atoms with Crippen molar-refractivity contribution in [2.45, 2.75) is 39.9 Å². The van der Waals surface area contributed by atoms with Crippen LogP contribution in [-0.2, 0) is 0 Å². The third-order valence-corrected chi connectivity index (χ3v) is 4.59. The Morgan fingerprint density at radius 1 is 1.25 bits per heavy atom. The van der Waals surface area contributed by atoms with Gasteiger partial charge in [0.15, 0.2) is 0 Å². The van der Waals surface area contributed by atoms with E-state index in [1.54, 1.807) is 10.8 Å². The summed E-state index contributed by atoms with van der Waals surface area (Å²) in [6.07, 6.45) is 6.08. The molecule has 0 aromatic carbocycles. The van der Waals surface area contributed by atoms with Crippen molar-refractivity contribution in [2.75, 3.05) is 0 Å². The molecule has 0 aromatic heterocycles. The van der Waals surface area contributed by atoms with Gasteiger partial charge in [0.1, 0.15) is 0 Å². The lowest BCUT2D eigenvalue weighted by Crippen LogP contribution is -2.21. The highest BCUT2D eigenvalue weighted by Gasteiger charge is 2.21. The highest BCUT2D eigenvalue weighted by Crippen LogP contribution is 2.29. The highest BCUT2D eigenvalue weighted by molar-refractivity contribution is 6.83. The Hall–Kier alpha value is -0.303. The van der Waals surface area contributed by atoms with Crippen LogP contribution in [0.5, 0.6) is 0 Å². The minimum Gasteiger partial charge on any atom is -0.0812 e. The molecule has 0 saturated heterocycles. The predicted molar refractivity (Wildman–Crippen MR) is 59.0 cm³/mol. The van der Waals surface area contributed by atoms with E-state index < -0.39 is 8.07 Å². The average Bonchev–Trinajstić information content (AvgIpc) is 2.30. The maximum atomic E-state index is 2.44. The van der Waals surface area contributed by atoms with Crippen LogP contribution in [0.15, 0.2) is 22.9 Å². The van der Waals surface area contributed by atoms with Gasteiger partial charge >= 0.3 is 0 Å². The second kappa shape index (κ2) is 3.21. The summed E-state index contributed by atoms with van der Waals surface area (Å²) in [6.45, 7) is 11.8. The second-order valence-electron chi connectivity index (χ2n) is 4.99. The number of hydrogen-bond acceptors (Lipinski definition) is 0. The Kier molecular flexibility index (Phi) is 2.62. The molecule has 0 radical (unpaired) electrons. The first-order valence-corrected chi connectivity index (χ1v) is 8.32. The van der Waals surface area contributed by atoms with E-state index in [0.717, 1.165) is 5.92 Å². The molecule has 0 spiro atoms. The first kappa shape index (κ1) is 9.78. The summed E-state index contributed by atoms with van der Waals surface area (Å²) < 4.78 is 0. The van der Waals surface area contributed by atoms with Gasteiger partial charge in [0.25, 0.3) is 0 Å². The monoisotopic (exact) mass is 180 g/mol. The summed E-state index contributed by atoms with van der Waals surface area (Å²) in [5.41, 5.74) is 1.62. The van der Waals surface area contributed by atoms with Gasteiger partial charge in [-0.2, -0.15) is 0 Å². The third-order valence-electron chi connectivity index (χ3n) is 2.51. The molecule has 0 N–H and O–H groups in total. The maximum absolute atomic E-state index is 2.44. The molecule has 0 atom stereocenters. The summed E-state index contributed by atoms with van der Waals surface area (Å²) in [4.78, 5) is 0. The normalized spacial score (nSPS) is 18.2. The molecular formula is C11H20Si. The van der Waals surface area contributed by atoms with Crippen LogP contribution in [0.3, 0.4) is 0 Å². The summed E-state index contributed by atoms with van der Waals surface area (Å²) in [7, 11) is -1.03. The third kappa shape index (κ3) is 2.10. The van der Waals surface area contributed by atoms with E-state index in [2.05, 4.69) is 45.6 Å². The van der Waals surface area contributed by atoms with Crippen molar-refractivity contribution in [2.24, 2.45) is 5.92 Å². The van der Waals surface area contributed by atoms with Gasteiger partial charge in [-0.1, -0.05) is 56.4 Å². The molecule has 1 aliphatic carbocycles. The van der Waals surface area contributed by atoms with Crippen LogP contribution < -0.4 is 0 Å². The molecule has 0 unspecified atom stereocenters. The average molecular weight is 180 g/mol. The molecule has 1 aliphatic rings. The van der Waals surface area contributed by atoms with E-state index in [4.69, 9.17) is 0 Å². The van der Waals surface area contributed by atoms with E-state index in [9.17, 15) is 0 Å². The number of rotatable bonds is 2. The van der Waals surface area contributed by atoms with Gasteiger partial charge < -0.3 is 0 Å². The first-order valence-electron chi connectivity index (χ1n) is 4.82. The van der Waals surface area contributed by atoms with E-state index in [1.807, 2.05) is 0 Å². The fourth-order valence-corrected chi connectivity index (χ4v) is 2.80. The molecule has 68 valence electrons. The lowest BCUT2D eigenvalue weighted by Gasteiger charge is -2.15. The van der Waals surface area contributed by atoms with Crippen LogP contribution in [-0.4, -0.2) is 8.07 Å². The smallest absolute Gasteiger partial charge is 0.0771 e. The summed E-state index contributed by atoms with van der Waals surface area (Å²) >= 11 is 0. The summed E-state index contributed by atoms with van der Waals surface area (Å²) in [5, 5.41) is 1.64. The van der Waals surface area contributed by atoms with Crippen LogP contribution >= 0.6 is 0 Å². The molecule has 1 rings (SSSR count). The number of hydrogen-bond donors (Lipinski definition) is 0. The molecule has 1 heteroatoms. The van der Waals surface area contributed by atoms with Gasteiger partial charge in [0.2, 0.25) is 0 Å². The Labute approximate surface area is 77.4 Å². The zero-order valence-electron chi connectivity index (χ0n) is 8.94. The van der Waals surface area contributed by atoms with Crippen molar-refractivity contribution in [3.8, 4) is 0 Å². The molecule has 0 aliphatic heterocycles. The minimum absolute atomic E-state index is 0.732. The van der Waals surface area contributed by atoms with Gasteiger partial charge in [-0.05, 0) is 12.3 Å². The zero-order valence-corrected chi connectivity index (χ0v) is 9.94. The SMILES string of the molecule is CC(C)C1=CC([Si](C)(C)C)=CC1. The second-order valence-corrected chi connectivity index (χ2v) is 10.1. The molecule has 0 amide bonds. The maximum Gasteiger partial charge on any atom is 0.0771 e. The molecule has 12 heavy (non-hydrogen) atoms. The Balaban J connectivity index is 2.75. The van der Waals surface area contributed by atoms with Crippen LogP contribution in [0, 0.1) is 5.92 Å². The predicted octanol–water partition coefficient (Wildman–Crippen LogP) is 3.78. The first-order chi connectivity index (χ1) is 5.41. The standard InChI is InChI=1S/C11H20Si/c1-9(2)10-6-7-11(8-10)12(3,4)5/h7-9H,6H2,1-5H3. The fraction of sp³-hybridized carbons (Fsp3) is 0.636. The van der Waals surface area contributed by atoms with Crippen LogP contribution in [0.25, 0.3) is 0 Å². The molecule has 0 aromatic rings. The van der Waals surface area contributed by atoms with Crippen molar-refractivity contribution in [1.29, 1.82) is 0 Å². The Morgan fingerprint density at radius 2 is 1.83 bits per heavy atom. The van der Waals surface area contributed by atoms with Crippen LogP contribution in [0.1, 0.15) is 20.3 Å². The lowest BCUT2D eigenvalue weighted by molar-refractivity contribution is 0.753. The fourth-order valence-electron chi connectivity index (χ4n) is 1.47. The Bertz CT molecular complexity index is 226. The molecule has 0 fully saturated rings. The van der Waals surface area contributed by atoms with E-state index in [1.165, 1.54) is 6.42 Å². The number of allylic oxidation sites excluding steroid dienone is 4. The van der Waals surface area contributed by atoms with Gasteiger partial charge in [-0.15, -0.1) is 0 Å². The van der Waals surface area contributed by atoms with Crippen molar-refractivity contribution in [3.05, 3.63) is 22.9 Å². The van der Waals surface area contributed by atoms with Gasteiger partial charge in [-0.3, -0.25) is 0 Å². The van der Waals surface area contributed by atoms with Gasteiger partial charge in [-0.25, -0.2) is 0 Å². The molecular weight excluding hydrogens is 160 g/mol. The van der Waals surface area contributed by atoms with Gasteiger partial charge in [0, 0.05) is 0 Å². The largest absolute Gasteiger partial charge is 0.0812 e. The molecule has 0 saturated carbocycles. The van der Waals surface area contributed by atoms with Crippen LogP contribution in [0.4, 0.5) is 0 Å². The molecule has 0 nitrogen and oxygen atoms in total. The molecule has 0 bridgehead atoms. The summed E-state index contributed by atoms with van der Waals surface area (Å²) in [6, 6.07) is 0. The van der Waals surface area contributed by atoms with E-state index in [-0.39, 0.29) is 0 Å². The highest BCUT2D eigenvalue weighted by atomic mass is 28.3. The van der Waals surface area contributed by atoms with Crippen molar-refractivity contribution >= 4 is 8.07 Å².